The Morgan fingerprint density at radius 3 is 1.78 bits per heavy atom. The third kappa shape index (κ3) is 3.63. The topological polar surface area (TPSA) is 35.1 Å². The maximum absolute atomic E-state index is 5.53. The van der Waals surface area contributed by atoms with E-state index >= 15 is 0 Å². The highest BCUT2D eigenvalue weighted by atomic mass is 32.1. The maximum atomic E-state index is 5.53. The molecule has 0 atom stereocenters. The van der Waals surface area contributed by atoms with E-state index < -0.39 is 0 Å². The normalized spacial score (nSPS) is 12.3. The first-order valence-corrected chi connectivity index (χ1v) is 18.1. The van der Waals surface area contributed by atoms with Crippen molar-refractivity contribution >= 4 is 91.5 Å². The highest BCUT2D eigenvalue weighted by Crippen LogP contribution is 2.47. The van der Waals surface area contributed by atoms with E-state index in [1.54, 1.807) is 11.3 Å². The molecule has 0 spiro atoms. The summed E-state index contributed by atoms with van der Waals surface area (Å²) < 4.78 is 6.09. The summed E-state index contributed by atoms with van der Waals surface area (Å²) >= 11 is 1.74. The molecule has 12 rings (SSSR count). The summed E-state index contributed by atoms with van der Waals surface area (Å²) in [4.78, 5) is 11.8. The number of rotatable bonds is 3. The molecule has 0 unspecified atom stereocenters. The van der Waals surface area contributed by atoms with Crippen LogP contribution in [0.5, 0.6) is 0 Å². The lowest BCUT2D eigenvalue weighted by atomic mass is 10.0. The van der Waals surface area contributed by atoms with Gasteiger partial charge in [-0.1, -0.05) is 127 Å². The molecule has 0 saturated heterocycles. The molecule has 5 aromatic heterocycles. The lowest BCUT2D eigenvalue weighted by Gasteiger charge is -2.12. The first kappa shape index (κ1) is 27.3. The molecule has 236 valence electrons. The molecule has 4 nitrogen and oxygen atoms in total. The second kappa shape index (κ2) is 10.0. The molecule has 0 radical (unpaired) electrons. The van der Waals surface area contributed by atoms with Crippen LogP contribution in [0.4, 0.5) is 0 Å². The Labute approximate surface area is 295 Å². The zero-order valence-corrected chi connectivity index (χ0v) is 28.0. The molecule has 0 saturated carbocycles. The number of aromatic nitrogens is 4. The molecular formula is C46H26N4S. The molecule has 0 N–H and O–H groups in total. The highest BCUT2D eigenvalue weighted by molar-refractivity contribution is 7.25. The van der Waals surface area contributed by atoms with Crippen LogP contribution in [0.25, 0.3) is 109 Å². The summed E-state index contributed by atoms with van der Waals surface area (Å²) in [5, 5.41) is 9.82. The lowest BCUT2D eigenvalue weighted by molar-refractivity contribution is 1.08. The molecule has 0 aliphatic carbocycles. The molecule has 51 heavy (non-hydrogen) atoms. The van der Waals surface area contributed by atoms with E-state index in [1.807, 2.05) is 0 Å². The Kier molecular flexibility index (Phi) is 5.35. The number of benzene rings is 7. The minimum Gasteiger partial charge on any atom is -0.308 e. The molecule has 0 fully saturated rings. The van der Waals surface area contributed by atoms with Crippen molar-refractivity contribution < 1.29 is 0 Å². The average molecular weight is 667 g/mol. The second-order valence-corrected chi connectivity index (χ2v) is 14.4. The smallest absolute Gasteiger partial charge is 0.163 e. The van der Waals surface area contributed by atoms with Gasteiger partial charge in [0.15, 0.2) is 11.6 Å². The Morgan fingerprint density at radius 1 is 0.412 bits per heavy atom. The molecule has 7 aromatic carbocycles. The van der Waals surface area contributed by atoms with Crippen LogP contribution in [-0.4, -0.2) is 18.9 Å². The number of para-hydroxylation sites is 3. The molecule has 5 heterocycles. The van der Waals surface area contributed by atoms with Gasteiger partial charge < -0.3 is 4.40 Å². The van der Waals surface area contributed by atoms with Gasteiger partial charge in [0.1, 0.15) is 4.83 Å². The fourth-order valence-electron chi connectivity index (χ4n) is 8.53. The maximum Gasteiger partial charge on any atom is 0.163 e. The molecule has 0 amide bonds. The van der Waals surface area contributed by atoms with E-state index in [0.29, 0.717) is 0 Å². The van der Waals surface area contributed by atoms with Gasteiger partial charge >= 0.3 is 0 Å². The first-order chi connectivity index (χ1) is 25.3. The van der Waals surface area contributed by atoms with Crippen molar-refractivity contribution in [2.75, 3.05) is 0 Å². The third-order valence-corrected chi connectivity index (χ3v) is 11.8. The molecule has 5 heteroatoms. The van der Waals surface area contributed by atoms with E-state index in [9.17, 15) is 0 Å². The Bertz CT molecular complexity index is 3350. The van der Waals surface area contributed by atoms with Crippen LogP contribution < -0.4 is 0 Å². The van der Waals surface area contributed by atoms with Crippen LogP contribution >= 0.6 is 11.3 Å². The van der Waals surface area contributed by atoms with Gasteiger partial charge in [-0.3, -0.25) is 4.57 Å². The molecule has 0 bridgehead atoms. The average Bonchev–Trinajstić information content (AvgIpc) is 3.93. The van der Waals surface area contributed by atoms with E-state index in [2.05, 4.69) is 167 Å². The molecule has 12 aromatic rings. The van der Waals surface area contributed by atoms with Gasteiger partial charge in [-0.25, -0.2) is 9.97 Å². The highest BCUT2D eigenvalue weighted by Gasteiger charge is 2.26. The summed E-state index contributed by atoms with van der Waals surface area (Å²) in [6.45, 7) is 0. The Balaban J connectivity index is 1.24. The Morgan fingerprint density at radius 2 is 1.00 bits per heavy atom. The van der Waals surface area contributed by atoms with Crippen molar-refractivity contribution in [1.29, 1.82) is 0 Å². The Hall–Kier alpha value is -6.56. The monoisotopic (exact) mass is 666 g/mol. The summed E-state index contributed by atoms with van der Waals surface area (Å²) in [6.07, 6.45) is 0. The first-order valence-electron chi connectivity index (χ1n) is 17.3. The van der Waals surface area contributed by atoms with Crippen molar-refractivity contribution in [1.82, 2.24) is 18.9 Å². The van der Waals surface area contributed by atoms with Crippen molar-refractivity contribution in [3.05, 3.63) is 158 Å². The number of thiophene rings is 1. The van der Waals surface area contributed by atoms with Gasteiger partial charge in [-0.15, -0.1) is 11.3 Å². The molecule has 0 aliphatic heterocycles. The predicted octanol–water partition coefficient (Wildman–Crippen LogP) is 12.4. The summed E-state index contributed by atoms with van der Waals surface area (Å²) in [5.74, 6) is 1.63. The van der Waals surface area contributed by atoms with E-state index in [0.717, 1.165) is 38.5 Å². The summed E-state index contributed by atoms with van der Waals surface area (Å²) in [6, 6.07) is 56.7. The zero-order valence-electron chi connectivity index (χ0n) is 27.2. The number of hydrogen-bond donors (Lipinski definition) is 0. The van der Waals surface area contributed by atoms with Crippen molar-refractivity contribution in [2.24, 2.45) is 0 Å². The largest absolute Gasteiger partial charge is 0.308 e. The summed E-state index contributed by atoms with van der Waals surface area (Å²) in [5.41, 5.74) is 9.39. The van der Waals surface area contributed by atoms with E-state index in [1.165, 1.54) is 70.1 Å². The zero-order chi connectivity index (χ0) is 33.2. The third-order valence-electron chi connectivity index (χ3n) is 10.7. The molecule has 0 aliphatic rings. The quantitative estimate of drug-likeness (QED) is 0.188. The molecular weight excluding hydrogens is 641 g/mol. The van der Waals surface area contributed by atoms with Gasteiger partial charge in [-0.2, -0.15) is 0 Å². The van der Waals surface area contributed by atoms with E-state index in [-0.39, 0.29) is 0 Å². The van der Waals surface area contributed by atoms with Gasteiger partial charge in [-0.05, 0) is 41.5 Å². The fraction of sp³-hybridized carbons (Fsp3) is 0. The van der Waals surface area contributed by atoms with Gasteiger partial charge in [0.25, 0.3) is 0 Å². The van der Waals surface area contributed by atoms with Crippen molar-refractivity contribution in [3.63, 3.8) is 0 Å². The predicted molar refractivity (Wildman–Crippen MR) is 215 cm³/mol. The van der Waals surface area contributed by atoms with Crippen molar-refractivity contribution in [3.8, 4) is 28.3 Å². The summed E-state index contributed by atoms with van der Waals surface area (Å²) in [7, 11) is 0. The SMILES string of the molecule is c1ccc(-c2ccc(-c3nc(-n4c5ccccc5c5c6c7ccccc7n7c8ccccc8c(cc54)c67)c4c(n3)sc3ccccc34)cc2)cc1. The van der Waals surface area contributed by atoms with Gasteiger partial charge in [0, 0.05) is 48.0 Å². The van der Waals surface area contributed by atoms with E-state index in [4.69, 9.17) is 9.97 Å². The minimum atomic E-state index is 0.724. The number of fused-ring (bicyclic) bond motifs is 13. The van der Waals surface area contributed by atoms with Crippen molar-refractivity contribution in [2.45, 2.75) is 0 Å². The minimum absolute atomic E-state index is 0.724. The number of hydrogen-bond acceptors (Lipinski definition) is 3. The van der Waals surface area contributed by atoms with Crippen LogP contribution in [0.15, 0.2) is 158 Å². The van der Waals surface area contributed by atoms with Crippen LogP contribution in [-0.2, 0) is 0 Å². The van der Waals surface area contributed by atoms with Crippen LogP contribution in [0.2, 0.25) is 0 Å². The second-order valence-electron chi connectivity index (χ2n) is 13.4. The van der Waals surface area contributed by atoms with Gasteiger partial charge in [0.05, 0.1) is 33.0 Å². The number of nitrogens with zero attached hydrogens (tertiary/aromatic N) is 4. The van der Waals surface area contributed by atoms with Crippen LogP contribution in [0, 0.1) is 0 Å². The standard InChI is InChI=1S/C46H26N4S/c1-2-12-27(13-3-1)28-22-24-29(25-23-28)44-47-45(42-33-17-7-11-21-39(33)51-46(42)48-44)50-37-20-10-5-15-31(37)40-38(50)26-34-30-14-4-8-18-35(30)49-36-19-9-6-16-32(36)41(40)43(34)49/h1-26H. The van der Waals surface area contributed by atoms with Gasteiger partial charge in [0.2, 0.25) is 0 Å². The lowest BCUT2D eigenvalue weighted by Crippen LogP contribution is -2.01. The fourth-order valence-corrected chi connectivity index (χ4v) is 9.60. The van der Waals surface area contributed by atoms with Crippen LogP contribution in [0.3, 0.4) is 0 Å². The van der Waals surface area contributed by atoms with Crippen LogP contribution in [0.1, 0.15) is 0 Å².